The van der Waals surface area contributed by atoms with Crippen LogP contribution in [-0.4, -0.2) is 36.6 Å². The Hall–Kier alpha value is -4.02. The minimum Gasteiger partial charge on any atom is -0.462 e. The number of hydrogen-bond acceptors (Lipinski definition) is 8. The number of amides is 2. The van der Waals surface area contributed by atoms with Crippen molar-refractivity contribution in [3.05, 3.63) is 80.7 Å². The van der Waals surface area contributed by atoms with E-state index in [-0.39, 0.29) is 12.4 Å². The minimum absolute atomic E-state index is 0.197. The van der Waals surface area contributed by atoms with Gasteiger partial charge in [0.2, 0.25) is 0 Å². The number of carbonyl (C=O) groups is 4. The normalized spacial score (nSPS) is 12.5. The third-order valence-electron chi connectivity index (χ3n) is 5.66. The van der Waals surface area contributed by atoms with E-state index in [0.29, 0.717) is 33.1 Å². The van der Waals surface area contributed by atoms with E-state index in [9.17, 15) is 19.2 Å². The number of esters is 2. The number of ether oxygens (including phenoxy) is 2. The Balaban J connectivity index is 1.41. The predicted molar refractivity (Wildman–Crippen MR) is 144 cm³/mol. The summed E-state index contributed by atoms with van der Waals surface area (Å²) in [6.07, 6.45) is 4.71. The van der Waals surface area contributed by atoms with E-state index in [4.69, 9.17) is 21.1 Å². The zero-order valence-electron chi connectivity index (χ0n) is 20.4. The lowest BCUT2D eigenvalue weighted by Crippen LogP contribution is -2.32. The van der Waals surface area contributed by atoms with Crippen LogP contribution in [0.2, 0.25) is 5.02 Å². The van der Waals surface area contributed by atoms with Crippen molar-refractivity contribution in [2.75, 3.05) is 11.9 Å². The highest BCUT2D eigenvalue weighted by atomic mass is 35.5. The second-order valence-electron chi connectivity index (χ2n) is 8.22. The topological polar surface area (TPSA) is 123 Å². The first-order valence-corrected chi connectivity index (χ1v) is 13.1. The van der Waals surface area contributed by atoms with Crippen molar-refractivity contribution in [1.29, 1.82) is 0 Å². The van der Waals surface area contributed by atoms with Crippen LogP contribution in [0.5, 0.6) is 5.75 Å². The first-order chi connectivity index (χ1) is 18.4. The highest BCUT2D eigenvalue weighted by Crippen LogP contribution is 2.38. The van der Waals surface area contributed by atoms with Gasteiger partial charge < -0.3 is 14.8 Å². The van der Waals surface area contributed by atoms with Gasteiger partial charge in [0.15, 0.2) is 0 Å². The molecule has 0 saturated carbocycles. The van der Waals surface area contributed by atoms with E-state index >= 15 is 0 Å². The summed E-state index contributed by atoms with van der Waals surface area (Å²) in [5, 5.41) is 7.14. The number of hydrazone groups is 1. The highest BCUT2D eigenvalue weighted by molar-refractivity contribution is 7.17. The Kier molecular flexibility index (Phi) is 8.88. The third-order valence-corrected chi connectivity index (χ3v) is 7.11. The molecule has 38 heavy (non-hydrogen) atoms. The van der Waals surface area contributed by atoms with Crippen molar-refractivity contribution in [3.8, 4) is 5.75 Å². The summed E-state index contributed by atoms with van der Waals surface area (Å²) in [7, 11) is 0. The van der Waals surface area contributed by atoms with Crippen LogP contribution in [0, 0.1) is 0 Å². The molecule has 2 aromatic carbocycles. The molecule has 3 aromatic rings. The standard InChI is InChI=1S/C27H24ClN3O6S/c1-2-36-27(35)22-19-8-4-6-10-21(19)38-25(22)30-23(32)24(33)31-29-15-17-7-3-5-9-20(17)37-26(34)16-11-13-18(28)14-12-16/h3,5,7,9,11-15H,2,4,6,8,10H2,1H3,(H,30,32)(H,31,33). The summed E-state index contributed by atoms with van der Waals surface area (Å²) < 4.78 is 10.6. The first-order valence-electron chi connectivity index (χ1n) is 11.9. The smallest absolute Gasteiger partial charge is 0.343 e. The number of benzene rings is 2. The molecule has 196 valence electrons. The number of fused-ring (bicyclic) bond motifs is 1. The van der Waals surface area contributed by atoms with Gasteiger partial charge >= 0.3 is 23.8 Å². The fourth-order valence-electron chi connectivity index (χ4n) is 3.87. The van der Waals surface area contributed by atoms with Crippen LogP contribution in [-0.2, 0) is 27.2 Å². The van der Waals surface area contributed by atoms with Crippen molar-refractivity contribution >= 4 is 57.9 Å². The third kappa shape index (κ3) is 6.45. The molecule has 2 amide bonds. The summed E-state index contributed by atoms with van der Waals surface area (Å²) in [5.74, 6) is -2.92. The summed E-state index contributed by atoms with van der Waals surface area (Å²) in [5.41, 5.74) is 4.05. The van der Waals surface area contributed by atoms with Gasteiger partial charge in [-0.1, -0.05) is 23.7 Å². The van der Waals surface area contributed by atoms with Crippen LogP contribution in [0.1, 0.15) is 56.5 Å². The maximum absolute atomic E-state index is 12.6. The van der Waals surface area contributed by atoms with Crippen molar-refractivity contribution in [1.82, 2.24) is 5.43 Å². The van der Waals surface area contributed by atoms with Crippen molar-refractivity contribution in [2.24, 2.45) is 5.10 Å². The van der Waals surface area contributed by atoms with Gasteiger partial charge in [0.1, 0.15) is 10.8 Å². The first kappa shape index (κ1) is 27.0. The number of anilines is 1. The number of nitrogens with zero attached hydrogens (tertiary/aromatic N) is 1. The number of rotatable bonds is 7. The second kappa shape index (κ2) is 12.5. The number of para-hydroxylation sites is 1. The van der Waals surface area contributed by atoms with Gasteiger partial charge in [-0.15, -0.1) is 11.3 Å². The van der Waals surface area contributed by atoms with Gasteiger partial charge in [0, 0.05) is 15.5 Å². The maximum Gasteiger partial charge on any atom is 0.343 e. The van der Waals surface area contributed by atoms with Crippen LogP contribution in [0.4, 0.5) is 5.00 Å². The molecule has 0 bridgehead atoms. The fraction of sp³-hybridized carbons (Fsp3) is 0.222. The zero-order chi connectivity index (χ0) is 27.1. The maximum atomic E-state index is 12.6. The Bertz CT molecular complexity index is 1400. The molecule has 4 rings (SSSR count). The van der Waals surface area contributed by atoms with Crippen molar-refractivity contribution in [3.63, 3.8) is 0 Å². The Labute approximate surface area is 227 Å². The molecule has 0 spiro atoms. The molecule has 1 aliphatic carbocycles. The molecule has 1 aromatic heterocycles. The quantitative estimate of drug-likeness (QED) is 0.143. The van der Waals surface area contributed by atoms with Gasteiger partial charge in [0.25, 0.3) is 0 Å². The van der Waals surface area contributed by atoms with E-state index in [0.717, 1.165) is 29.7 Å². The number of thiophene rings is 1. The van der Waals surface area contributed by atoms with E-state index in [1.165, 1.54) is 29.7 Å². The number of hydrogen-bond donors (Lipinski definition) is 2. The number of aryl methyl sites for hydroxylation is 1. The Morgan fingerprint density at radius 1 is 1.00 bits per heavy atom. The predicted octanol–water partition coefficient (Wildman–Crippen LogP) is 4.77. The molecule has 1 heterocycles. The van der Waals surface area contributed by atoms with Gasteiger partial charge in [-0.2, -0.15) is 5.10 Å². The van der Waals surface area contributed by atoms with Gasteiger partial charge in [0.05, 0.1) is 23.9 Å². The molecule has 0 aliphatic heterocycles. The Morgan fingerprint density at radius 3 is 2.50 bits per heavy atom. The number of nitrogens with one attached hydrogen (secondary N) is 2. The highest BCUT2D eigenvalue weighted by Gasteiger charge is 2.28. The molecule has 9 nitrogen and oxygen atoms in total. The lowest BCUT2D eigenvalue weighted by Gasteiger charge is -2.12. The molecule has 0 saturated heterocycles. The lowest BCUT2D eigenvalue weighted by molar-refractivity contribution is -0.136. The van der Waals surface area contributed by atoms with Crippen LogP contribution in [0.3, 0.4) is 0 Å². The van der Waals surface area contributed by atoms with E-state index in [1.807, 2.05) is 0 Å². The Morgan fingerprint density at radius 2 is 1.74 bits per heavy atom. The molecule has 2 N–H and O–H groups in total. The molecule has 0 unspecified atom stereocenters. The summed E-state index contributed by atoms with van der Waals surface area (Å²) in [6.45, 7) is 1.90. The SMILES string of the molecule is CCOC(=O)c1c(NC(=O)C(=O)NN=Cc2ccccc2OC(=O)c2ccc(Cl)cc2)sc2c1CCCC2. The molecular weight excluding hydrogens is 530 g/mol. The summed E-state index contributed by atoms with van der Waals surface area (Å²) in [4.78, 5) is 51.0. The molecule has 0 radical (unpaired) electrons. The van der Waals surface area contributed by atoms with Crippen LogP contribution in [0.15, 0.2) is 53.6 Å². The van der Waals surface area contributed by atoms with E-state index in [1.54, 1.807) is 43.3 Å². The fourth-order valence-corrected chi connectivity index (χ4v) is 5.27. The largest absolute Gasteiger partial charge is 0.462 e. The van der Waals surface area contributed by atoms with Gasteiger partial charge in [-0.05, 0) is 74.6 Å². The van der Waals surface area contributed by atoms with Crippen LogP contribution < -0.4 is 15.5 Å². The molecule has 1 aliphatic rings. The number of carbonyl (C=O) groups excluding carboxylic acids is 4. The average Bonchev–Trinajstić information content (AvgIpc) is 3.28. The van der Waals surface area contributed by atoms with Crippen molar-refractivity contribution in [2.45, 2.75) is 32.6 Å². The number of halogens is 1. The monoisotopic (exact) mass is 553 g/mol. The van der Waals surface area contributed by atoms with Gasteiger partial charge in [-0.25, -0.2) is 15.0 Å². The van der Waals surface area contributed by atoms with Crippen molar-refractivity contribution < 1.29 is 28.7 Å². The van der Waals surface area contributed by atoms with Crippen LogP contribution >= 0.6 is 22.9 Å². The summed E-state index contributed by atoms with van der Waals surface area (Å²) >= 11 is 7.14. The zero-order valence-corrected chi connectivity index (χ0v) is 22.0. The minimum atomic E-state index is -1.03. The molecule has 0 atom stereocenters. The molecule has 11 heteroatoms. The van der Waals surface area contributed by atoms with Crippen LogP contribution in [0.25, 0.3) is 0 Å². The van der Waals surface area contributed by atoms with Gasteiger partial charge in [-0.3, -0.25) is 9.59 Å². The van der Waals surface area contributed by atoms with E-state index < -0.39 is 23.8 Å². The van der Waals surface area contributed by atoms with E-state index in [2.05, 4.69) is 15.8 Å². The molecular formula is C27H24ClN3O6S. The second-order valence-corrected chi connectivity index (χ2v) is 9.76. The lowest BCUT2D eigenvalue weighted by atomic mass is 9.95. The average molecular weight is 554 g/mol. The summed E-state index contributed by atoms with van der Waals surface area (Å²) in [6, 6.07) is 12.8. The molecule has 0 fully saturated rings.